The van der Waals surface area contributed by atoms with E-state index in [1.54, 1.807) is 24.3 Å². The minimum absolute atomic E-state index is 0.0544. The Morgan fingerprint density at radius 2 is 1.82 bits per heavy atom. The van der Waals surface area contributed by atoms with Crippen LogP contribution >= 0.6 is 15.9 Å². The van der Waals surface area contributed by atoms with E-state index in [-0.39, 0.29) is 18.4 Å². The number of anilines is 1. The molecular weight excluding hydrogens is 420 g/mol. The van der Waals surface area contributed by atoms with Crippen molar-refractivity contribution >= 4 is 33.4 Å². The van der Waals surface area contributed by atoms with E-state index in [0.717, 1.165) is 36.0 Å². The summed E-state index contributed by atoms with van der Waals surface area (Å²) in [6.07, 6.45) is 2.11. The zero-order valence-electron chi connectivity index (χ0n) is 16.2. The third kappa shape index (κ3) is 5.35. The smallest absolute Gasteiger partial charge is 0.262 e. The SMILES string of the molecule is Cc1cc(OCC(=O)Nc2ccc(C(=O)N3CCC(C)CC3)cc2)ccc1Br. The third-order valence-electron chi connectivity index (χ3n) is 4.99. The van der Waals surface area contributed by atoms with E-state index in [1.807, 2.05) is 30.0 Å². The first-order valence-corrected chi connectivity index (χ1v) is 10.3. The maximum absolute atomic E-state index is 12.6. The molecule has 2 amide bonds. The molecule has 28 heavy (non-hydrogen) atoms. The second-order valence-electron chi connectivity index (χ2n) is 7.30. The van der Waals surface area contributed by atoms with Crippen molar-refractivity contribution in [3.8, 4) is 5.75 Å². The van der Waals surface area contributed by atoms with Crippen molar-refractivity contribution < 1.29 is 14.3 Å². The lowest BCUT2D eigenvalue weighted by atomic mass is 9.98. The van der Waals surface area contributed by atoms with Gasteiger partial charge >= 0.3 is 0 Å². The highest BCUT2D eigenvalue weighted by Crippen LogP contribution is 2.22. The van der Waals surface area contributed by atoms with E-state index in [4.69, 9.17) is 4.74 Å². The largest absolute Gasteiger partial charge is 0.484 e. The molecule has 1 fully saturated rings. The summed E-state index contributed by atoms with van der Waals surface area (Å²) in [5, 5.41) is 2.79. The van der Waals surface area contributed by atoms with Gasteiger partial charge in [0.25, 0.3) is 11.8 Å². The minimum atomic E-state index is -0.246. The summed E-state index contributed by atoms with van der Waals surface area (Å²) in [5.74, 6) is 1.14. The molecule has 1 aliphatic rings. The summed E-state index contributed by atoms with van der Waals surface area (Å²) < 4.78 is 6.53. The summed E-state index contributed by atoms with van der Waals surface area (Å²) in [4.78, 5) is 26.6. The number of halogens is 1. The van der Waals surface area contributed by atoms with Crippen LogP contribution in [0.4, 0.5) is 5.69 Å². The Morgan fingerprint density at radius 3 is 2.46 bits per heavy atom. The van der Waals surface area contributed by atoms with Crippen LogP contribution in [0.3, 0.4) is 0 Å². The molecule has 0 bridgehead atoms. The van der Waals surface area contributed by atoms with Crippen molar-refractivity contribution in [1.29, 1.82) is 0 Å². The average Bonchev–Trinajstić information content (AvgIpc) is 2.69. The van der Waals surface area contributed by atoms with E-state index >= 15 is 0 Å². The number of benzene rings is 2. The van der Waals surface area contributed by atoms with E-state index < -0.39 is 0 Å². The standard InChI is InChI=1S/C22H25BrN2O3/c1-15-9-11-25(12-10-15)22(27)17-3-5-18(6-4-17)24-21(26)14-28-19-7-8-20(23)16(2)13-19/h3-8,13,15H,9-12,14H2,1-2H3,(H,24,26). The quantitative estimate of drug-likeness (QED) is 0.729. The number of ether oxygens (including phenoxy) is 1. The Bertz CT molecular complexity index is 843. The monoisotopic (exact) mass is 444 g/mol. The lowest BCUT2D eigenvalue weighted by Crippen LogP contribution is -2.37. The first-order valence-electron chi connectivity index (χ1n) is 9.50. The summed E-state index contributed by atoms with van der Waals surface area (Å²) in [6, 6.07) is 12.6. The van der Waals surface area contributed by atoms with Gasteiger partial charge in [0.2, 0.25) is 0 Å². The zero-order valence-corrected chi connectivity index (χ0v) is 17.8. The maximum Gasteiger partial charge on any atom is 0.262 e. The predicted molar refractivity (Wildman–Crippen MR) is 114 cm³/mol. The van der Waals surface area contributed by atoms with Crippen molar-refractivity contribution in [2.24, 2.45) is 5.92 Å². The topological polar surface area (TPSA) is 58.6 Å². The Balaban J connectivity index is 1.51. The molecule has 1 N–H and O–H groups in total. The highest BCUT2D eigenvalue weighted by molar-refractivity contribution is 9.10. The van der Waals surface area contributed by atoms with Crippen LogP contribution in [-0.2, 0) is 4.79 Å². The van der Waals surface area contributed by atoms with Crippen molar-refractivity contribution in [3.05, 3.63) is 58.1 Å². The Labute approximate surface area is 174 Å². The molecule has 6 heteroatoms. The molecule has 2 aromatic carbocycles. The third-order valence-corrected chi connectivity index (χ3v) is 5.88. The molecule has 1 heterocycles. The molecular formula is C22H25BrN2O3. The van der Waals surface area contributed by atoms with Gasteiger partial charge in [-0.2, -0.15) is 0 Å². The fourth-order valence-electron chi connectivity index (χ4n) is 3.14. The number of amides is 2. The Hall–Kier alpha value is -2.34. The molecule has 0 spiro atoms. The van der Waals surface area contributed by atoms with Gasteiger partial charge < -0.3 is 15.0 Å². The number of likely N-dealkylation sites (tertiary alicyclic amines) is 1. The number of carbonyl (C=O) groups excluding carboxylic acids is 2. The van der Waals surface area contributed by atoms with Crippen molar-refractivity contribution in [1.82, 2.24) is 4.90 Å². The van der Waals surface area contributed by atoms with Crippen LogP contribution < -0.4 is 10.1 Å². The van der Waals surface area contributed by atoms with Crippen LogP contribution in [0.25, 0.3) is 0 Å². The molecule has 0 unspecified atom stereocenters. The maximum atomic E-state index is 12.6. The van der Waals surface area contributed by atoms with Crippen LogP contribution in [-0.4, -0.2) is 36.4 Å². The second-order valence-corrected chi connectivity index (χ2v) is 8.15. The van der Waals surface area contributed by atoms with Gasteiger partial charge in [0.1, 0.15) is 5.75 Å². The van der Waals surface area contributed by atoms with Gasteiger partial charge in [-0.1, -0.05) is 22.9 Å². The number of hydrogen-bond acceptors (Lipinski definition) is 3. The van der Waals surface area contributed by atoms with E-state index in [0.29, 0.717) is 22.9 Å². The number of piperidine rings is 1. The van der Waals surface area contributed by atoms with Crippen LogP contribution in [0.5, 0.6) is 5.75 Å². The summed E-state index contributed by atoms with van der Waals surface area (Å²) in [5.41, 5.74) is 2.33. The molecule has 0 aliphatic carbocycles. The summed E-state index contributed by atoms with van der Waals surface area (Å²) >= 11 is 3.44. The van der Waals surface area contributed by atoms with Crippen LogP contribution in [0.2, 0.25) is 0 Å². The summed E-state index contributed by atoms with van der Waals surface area (Å²) in [6.45, 7) is 5.73. The summed E-state index contributed by atoms with van der Waals surface area (Å²) in [7, 11) is 0. The van der Waals surface area contributed by atoms with Crippen LogP contribution in [0.1, 0.15) is 35.7 Å². The molecule has 1 aliphatic heterocycles. The molecule has 2 aromatic rings. The normalized spacial score (nSPS) is 14.6. The van der Waals surface area contributed by atoms with E-state index in [9.17, 15) is 9.59 Å². The number of aryl methyl sites for hydroxylation is 1. The van der Waals surface area contributed by atoms with E-state index in [2.05, 4.69) is 28.2 Å². The second kappa shape index (κ2) is 9.24. The average molecular weight is 445 g/mol. The number of nitrogens with zero attached hydrogens (tertiary/aromatic N) is 1. The Kier molecular flexibility index (Phi) is 6.73. The van der Waals surface area contributed by atoms with Crippen LogP contribution in [0, 0.1) is 12.8 Å². The van der Waals surface area contributed by atoms with Crippen molar-refractivity contribution in [2.45, 2.75) is 26.7 Å². The lowest BCUT2D eigenvalue weighted by Gasteiger charge is -2.30. The minimum Gasteiger partial charge on any atom is -0.484 e. The van der Waals surface area contributed by atoms with Gasteiger partial charge in [0, 0.05) is 28.8 Å². The number of carbonyl (C=O) groups is 2. The molecule has 0 radical (unpaired) electrons. The molecule has 0 aromatic heterocycles. The van der Waals surface area contributed by atoms with Gasteiger partial charge in [-0.25, -0.2) is 0 Å². The van der Waals surface area contributed by atoms with Gasteiger partial charge in [-0.15, -0.1) is 0 Å². The predicted octanol–water partition coefficient (Wildman–Crippen LogP) is 4.65. The fraction of sp³-hybridized carbons (Fsp3) is 0.364. The molecule has 3 rings (SSSR count). The van der Waals surface area contributed by atoms with Gasteiger partial charge in [-0.3, -0.25) is 9.59 Å². The van der Waals surface area contributed by atoms with Gasteiger partial charge in [0.15, 0.2) is 6.61 Å². The molecule has 1 saturated heterocycles. The first-order chi connectivity index (χ1) is 13.4. The first kappa shape index (κ1) is 20.4. The van der Waals surface area contributed by atoms with Crippen LogP contribution in [0.15, 0.2) is 46.9 Å². The van der Waals surface area contributed by atoms with Gasteiger partial charge in [0.05, 0.1) is 0 Å². The fourth-order valence-corrected chi connectivity index (χ4v) is 3.39. The molecule has 148 valence electrons. The highest BCUT2D eigenvalue weighted by Gasteiger charge is 2.21. The van der Waals surface area contributed by atoms with Crippen molar-refractivity contribution in [2.75, 3.05) is 25.0 Å². The molecule has 5 nitrogen and oxygen atoms in total. The van der Waals surface area contributed by atoms with E-state index in [1.165, 1.54) is 0 Å². The highest BCUT2D eigenvalue weighted by atomic mass is 79.9. The molecule has 0 atom stereocenters. The number of nitrogens with one attached hydrogen (secondary N) is 1. The zero-order chi connectivity index (χ0) is 20.1. The lowest BCUT2D eigenvalue weighted by molar-refractivity contribution is -0.118. The number of hydrogen-bond donors (Lipinski definition) is 1. The van der Waals surface area contributed by atoms with Gasteiger partial charge in [-0.05, 0) is 73.7 Å². The Morgan fingerprint density at radius 1 is 1.14 bits per heavy atom. The van der Waals surface area contributed by atoms with Crippen molar-refractivity contribution in [3.63, 3.8) is 0 Å². The molecule has 0 saturated carbocycles. The number of rotatable bonds is 5.